The maximum Gasteiger partial charge on any atom is 0.527 e. The number of nitrogens with zero attached hydrogens (tertiary/aromatic N) is 5. The van der Waals surface area contributed by atoms with Gasteiger partial charge in [-0.2, -0.15) is 9.97 Å². The zero-order valence-corrected chi connectivity index (χ0v) is 25.9. The van der Waals surface area contributed by atoms with E-state index >= 15 is 0 Å². The van der Waals surface area contributed by atoms with Crippen molar-refractivity contribution in [2.75, 3.05) is 30.3 Å². The van der Waals surface area contributed by atoms with Crippen LogP contribution in [-0.2, 0) is 9.57 Å². The van der Waals surface area contributed by atoms with Gasteiger partial charge in [-0.25, -0.2) is 9.78 Å². The van der Waals surface area contributed by atoms with E-state index in [0.717, 1.165) is 81.2 Å². The highest BCUT2D eigenvalue weighted by atomic mass is 35.5. The second-order valence-electron chi connectivity index (χ2n) is 11.5. The standard InChI is InChI=1S/C28H46N8O3.2ClH/c1-2-3-4-7-18-38-28(37)39-35-16-14-22(15-17-35)31-25-24-26(36(19-30-24)23-8-5-6-9-23)34-27(33-25)32-21-12-10-20(29)11-13-21;;/h19-23H,2-18,29H2,1H3,(H2,31,32,33,34);2*1H. The summed E-state index contributed by atoms with van der Waals surface area (Å²) in [6.07, 6.45) is 16.2. The van der Waals surface area contributed by atoms with Gasteiger partial charge >= 0.3 is 6.16 Å². The SMILES string of the molecule is CCCCCCOC(=O)ON1CCC(Nc2nc(NC3CCC(N)CC3)nc3c2ncn3C2CCCC2)CC1.Cl.Cl. The maximum absolute atomic E-state index is 12.1. The topological polar surface area (TPSA) is 132 Å². The number of rotatable bonds is 11. The fourth-order valence-electron chi connectivity index (χ4n) is 6.08. The van der Waals surface area contributed by atoms with Gasteiger partial charge in [-0.15, -0.1) is 29.9 Å². The third-order valence-corrected chi connectivity index (χ3v) is 8.46. The summed E-state index contributed by atoms with van der Waals surface area (Å²) < 4.78 is 7.48. The van der Waals surface area contributed by atoms with Crippen LogP contribution in [0.3, 0.4) is 0 Å². The summed E-state index contributed by atoms with van der Waals surface area (Å²) in [4.78, 5) is 32.1. The minimum atomic E-state index is -0.604. The molecule has 41 heavy (non-hydrogen) atoms. The number of nitrogens with two attached hydrogens (primary N) is 1. The summed E-state index contributed by atoms with van der Waals surface area (Å²) in [5.41, 5.74) is 7.85. The predicted molar refractivity (Wildman–Crippen MR) is 166 cm³/mol. The average molecular weight is 616 g/mol. The summed E-state index contributed by atoms with van der Waals surface area (Å²) in [6, 6.07) is 1.29. The normalized spacial score (nSPS) is 22.1. The van der Waals surface area contributed by atoms with Crippen molar-refractivity contribution in [1.82, 2.24) is 24.6 Å². The van der Waals surface area contributed by atoms with Crippen LogP contribution >= 0.6 is 24.8 Å². The van der Waals surface area contributed by atoms with Crippen molar-refractivity contribution in [3.05, 3.63) is 6.33 Å². The number of hydroxylamine groups is 2. The lowest BCUT2D eigenvalue weighted by atomic mass is 9.92. The zero-order valence-electron chi connectivity index (χ0n) is 24.3. The fraction of sp³-hybridized carbons (Fsp3) is 0.786. The molecule has 232 valence electrons. The number of aromatic nitrogens is 4. The Bertz CT molecular complexity index is 1070. The Hall–Kier alpha value is -2.08. The molecule has 5 rings (SSSR count). The molecule has 1 saturated heterocycles. The molecule has 0 bridgehead atoms. The summed E-state index contributed by atoms with van der Waals surface area (Å²) in [5, 5.41) is 8.96. The van der Waals surface area contributed by atoms with E-state index in [2.05, 4.69) is 22.1 Å². The van der Waals surface area contributed by atoms with Crippen LogP contribution in [0, 0.1) is 0 Å². The van der Waals surface area contributed by atoms with Crippen LogP contribution in [0.1, 0.15) is 103 Å². The number of imidazole rings is 1. The molecule has 0 radical (unpaired) electrons. The number of carbonyl (C=O) groups excluding carboxylic acids is 1. The van der Waals surface area contributed by atoms with Crippen LogP contribution in [0.25, 0.3) is 11.2 Å². The van der Waals surface area contributed by atoms with Crippen molar-refractivity contribution in [3.8, 4) is 0 Å². The minimum Gasteiger partial charge on any atom is -0.433 e. The summed E-state index contributed by atoms with van der Waals surface area (Å²) in [6.45, 7) is 3.85. The molecule has 4 N–H and O–H groups in total. The van der Waals surface area contributed by atoms with E-state index in [4.69, 9.17) is 30.3 Å². The third-order valence-electron chi connectivity index (χ3n) is 8.46. The number of ether oxygens (including phenoxy) is 1. The molecule has 3 heterocycles. The average Bonchev–Trinajstić information content (AvgIpc) is 3.61. The van der Waals surface area contributed by atoms with Gasteiger partial charge in [0.1, 0.15) is 0 Å². The molecule has 2 saturated carbocycles. The monoisotopic (exact) mass is 614 g/mol. The van der Waals surface area contributed by atoms with Crippen LogP contribution < -0.4 is 16.4 Å². The number of piperidine rings is 1. The molecular formula is C28H48Cl2N8O3. The van der Waals surface area contributed by atoms with Crippen molar-refractivity contribution < 1.29 is 14.4 Å². The van der Waals surface area contributed by atoms with Gasteiger partial charge in [0.2, 0.25) is 5.95 Å². The van der Waals surface area contributed by atoms with Gasteiger partial charge in [0, 0.05) is 37.3 Å². The maximum atomic E-state index is 12.1. The van der Waals surface area contributed by atoms with Gasteiger partial charge in [0.05, 0.1) is 12.9 Å². The van der Waals surface area contributed by atoms with Crippen molar-refractivity contribution in [2.24, 2.45) is 5.73 Å². The number of hydrogen-bond acceptors (Lipinski definition) is 10. The third kappa shape index (κ3) is 9.20. The summed E-state index contributed by atoms with van der Waals surface area (Å²) >= 11 is 0. The number of unbranched alkanes of at least 4 members (excludes halogenated alkanes) is 3. The van der Waals surface area contributed by atoms with Gasteiger partial charge in [-0.05, 0) is 57.8 Å². The second kappa shape index (κ2) is 16.5. The zero-order chi connectivity index (χ0) is 27.0. The predicted octanol–water partition coefficient (Wildman–Crippen LogP) is 5.99. The number of nitrogens with one attached hydrogen (secondary N) is 2. The van der Waals surface area contributed by atoms with Crippen molar-refractivity contribution in [2.45, 2.75) is 121 Å². The van der Waals surface area contributed by atoms with Crippen molar-refractivity contribution in [1.29, 1.82) is 0 Å². The lowest BCUT2D eigenvalue weighted by Gasteiger charge is -2.31. The fourth-order valence-corrected chi connectivity index (χ4v) is 6.08. The molecule has 1 aliphatic heterocycles. The molecular weight excluding hydrogens is 567 g/mol. The van der Waals surface area contributed by atoms with E-state index < -0.39 is 6.16 Å². The van der Waals surface area contributed by atoms with E-state index in [1.807, 2.05) is 6.33 Å². The minimum absolute atomic E-state index is 0. The van der Waals surface area contributed by atoms with Crippen molar-refractivity contribution in [3.63, 3.8) is 0 Å². The molecule has 13 heteroatoms. The molecule has 0 unspecified atom stereocenters. The number of hydrogen-bond donors (Lipinski definition) is 3. The van der Waals surface area contributed by atoms with Gasteiger partial charge in [-0.3, -0.25) is 0 Å². The molecule has 0 aromatic carbocycles. The Kier molecular flexibility index (Phi) is 13.5. The van der Waals surface area contributed by atoms with Gasteiger partial charge < -0.3 is 30.5 Å². The van der Waals surface area contributed by atoms with Crippen LogP contribution in [0.2, 0.25) is 0 Å². The van der Waals surface area contributed by atoms with Crippen LogP contribution in [0.4, 0.5) is 16.6 Å². The molecule has 2 aromatic rings. The van der Waals surface area contributed by atoms with Crippen molar-refractivity contribution >= 4 is 53.9 Å². The first kappa shape index (κ1) is 33.4. The lowest BCUT2D eigenvalue weighted by molar-refractivity contribution is -0.138. The second-order valence-corrected chi connectivity index (χ2v) is 11.5. The number of carbonyl (C=O) groups is 1. The molecule has 2 aromatic heterocycles. The molecule has 0 spiro atoms. The lowest BCUT2D eigenvalue weighted by Crippen LogP contribution is -2.40. The summed E-state index contributed by atoms with van der Waals surface area (Å²) in [5.74, 6) is 1.44. The first-order valence-corrected chi connectivity index (χ1v) is 15.2. The summed E-state index contributed by atoms with van der Waals surface area (Å²) in [7, 11) is 0. The highest BCUT2D eigenvalue weighted by Crippen LogP contribution is 2.34. The van der Waals surface area contributed by atoms with E-state index in [9.17, 15) is 4.79 Å². The van der Waals surface area contributed by atoms with Crippen LogP contribution in [0.15, 0.2) is 6.33 Å². The Labute approximate surface area is 255 Å². The van der Waals surface area contributed by atoms with Gasteiger partial charge in [0.25, 0.3) is 0 Å². The number of anilines is 2. The largest absolute Gasteiger partial charge is 0.527 e. The highest BCUT2D eigenvalue weighted by Gasteiger charge is 2.27. The first-order valence-electron chi connectivity index (χ1n) is 15.2. The molecule has 2 aliphatic carbocycles. The number of fused-ring (bicyclic) bond motifs is 1. The smallest absolute Gasteiger partial charge is 0.433 e. The Balaban J connectivity index is 0.00000231. The number of halogens is 2. The van der Waals surface area contributed by atoms with E-state index in [-0.39, 0.29) is 30.9 Å². The van der Waals surface area contributed by atoms with E-state index in [1.54, 1.807) is 5.06 Å². The molecule has 3 aliphatic rings. The van der Waals surface area contributed by atoms with Gasteiger partial charge in [0.15, 0.2) is 17.0 Å². The van der Waals surface area contributed by atoms with E-state index in [0.29, 0.717) is 43.8 Å². The molecule has 0 atom stereocenters. The van der Waals surface area contributed by atoms with E-state index in [1.165, 1.54) is 25.7 Å². The quantitative estimate of drug-likeness (QED) is 0.205. The Morgan fingerprint density at radius 2 is 1.66 bits per heavy atom. The molecule has 3 fully saturated rings. The van der Waals surface area contributed by atoms with Gasteiger partial charge in [-0.1, -0.05) is 39.0 Å². The first-order chi connectivity index (χ1) is 19.1. The molecule has 0 amide bonds. The molecule has 11 nitrogen and oxygen atoms in total. The van der Waals surface area contributed by atoms with Crippen LogP contribution in [0.5, 0.6) is 0 Å². The Morgan fingerprint density at radius 1 is 0.951 bits per heavy atom. The van der Waals surface area contributed by atoms with Crippen LogP contribution in [-0.4, -0.2) is 68.6 Å². The highest BCUT2D eigenvalue weighted by molar-refractivity contribution is 5.86. The Morgan fingerprint density at radius 3 is 2.37 bits per heavy atom.